The van der Waals surface area contributed by atoms with Crippen LogP contribution in [0.15, 0.2) is 35.7 Å². The molecule has 0 aliphatic heterocycles. The highest BCUT2D eigenvalue weighted by molar-refractivity contribution is 7.24. The van der Waals surface area contributed by atoms with Gasteiger partial charge in [0.25, 0.3) is 0 Å². The largest absolute Gasteiger partial charge is 0.297 e. The Kier molecular flexibility index (Phi) is 3.42. The van der Waals surface area contributed by atoms with Crippen molar-refractivity contribution in [3.63, 3.8) is 0 Å². The predicted octanol–water partition coefficient (Wildman–Crippen LogP) is 4.83. The van der Waals surface area contributed by atoms with Gasteiger partial charge in [0, 0.05) is 15.3 Å². The molecule has 94 valence electrons. The van der Waals surface area contributed by atoms with Crippen LogP contribution in [0.25, 0.3) is 20.2 Å². The maximum absolute atomic E-state index is 11.0. The van der Waals surface area contributed by atoms with E-state index in [0.29, 0.717) is 9.75 Å². The average molecular weight is 304 g/mol. The Morgan fingerprint density at radius 2 is 1.74 bits per heavy atom. The molecule has 0 unspecified atom stereocenters. The van der Waals surface area contributed by atoms with Crippen LogP contribution in [0, 0.1) is 0 Å². The van der Waals surface area contributed by atoms with Gasteiger partial charge in [-0.3, -0.25) is 9.59 Å². The Morgan fingerprint density at radius 3 is 2.37 bits per heavy atom. The van der Waals surface area contributed by atoms with E-state index in [9.17, 15) is 9.59 Å². The Labute approximate surface area is 122 Å². The SMILES string of the molecule is O=Cc1ccc(-c2sc(C=O)cc2-c2cccs2)s1. The fourth-order valence-electron chi connectivity index (χ4n) is 1.80. The summed E-state index contributed by atoms with van der Waals surface area (Å²) in [5.41, 5.74) is 1.07. The molecule has 0 aliphatic rings. The Balaban J connectivity index is 2.16. The van der Waals surface area contributed by atoms with E-state index in [1.165, 1.54) is 22.7 Å². The molecule has 0 spiro atoms. The number of rotatable bonds is 4. The van der Waals surface area contributed by atoms with Gasteiger partial charge in [-0.25, -0.2) is 0 Å². The molecule has 0 saturated heterocycles. The van der Waals surface area contributed by atoms with Gasteiger partial charge < -0.3 is 0 Å². The zero-order valence-corrected chi connectivity index (χ0v) is 12.1. The predicted molar refractivity (Wildman–Crippen MR) is 81.7 cm³/mol. The number of thiophene rings is 3. The smallest absolute Gasteiger partial charge is 0.160 e. The van der Waals surface area contributed by atoms with E-state index >= 15 is 0 Å². The number of aldehydes is 2. The van der Waals surface area contributed by atoms with Crippen molar-refractivity contribution in [2.24, 2.45) is 0 Å². The van der Waals surface area contributed by atoms with Crippen molar-refractivity contribution in [2.45, 2.75) is 0 Å². The zero-order valence-electron chi connectivity index (χ0n) is 9.66. The summed E-state index contributed by atoms with van der Waals surface area (Å²) in [7, 11) is 0. The van der Waals surface area contributed by atoms with E-state index in [-0.39, 0.29) is 0 Å². The van der Waals surface area contributed by atoms with Crippen molar-refractivity contribution in [3.8, 4) is 20.2 Å². The number of hydrogen-bond acceptors (Lipinski definition) is 5. The molecule has 0 N–H and O–H groups in total. The lowest BCUT2D eigenvalue weighted by molar-refractivity contribution is 0.111. The first-order valence-electron chi connectivity index (χ1n) is 5.50. The van der Waals surface area contributed by atoms with Crippen LogP contribution in [0.3, 0.4) is 0 Å². The summed E-state index contributed by atoms with van der Waals surface area (Å²) in [6.07, 6.45) is 1.73. The van der Waals surface area contributed by atoms with Crippen LogP contribution in [0.4, 0.5) is 0 Å². The molecular formula is C14H8O2S3. The summed E-state index contributed by atoms with van der Waals surface area (Å²) in [6.45, 7) is 0. The van der Waals surface area contributed by atoms with Crippen LogP contribution in [-0.2, 0) is 0 Å². The molecule has 0 amide bonds. The summed E-state index contributed by atoms with van der Waals surface area (Å²) in [6, 6.07) is 9.70. The molecule has 3 aromatic heterocycles. The molecule has 0 bridgehead atoms. The van der Waals surface area contributed by atoms with Gasteiger partial charge in [-0.05, 0) is 29.6 Å². The van der Waals surface area contributed by atoms with E-state index in [2.05, 4.69) is 0 Å². The summed E-state index contributed by atoms with van der Waals surface area (Å²) in [5, 5.41) is 2.02. The van der Waals surface area contributed by atoms with Gasteiger partial charge in [0.2, 0.25) is 0 Å². The number of carbonyl (C=O) groups excluding carboxylic acids is 2. The molecule has 0 fully saturated rings. The summed E-state index contributed by atoms with van der Waals surface area (Å²) >= 11 is 4.57. The highest BCUT2D eigenvalue weighted by Crippen LogP contribution is 2.42. The molecule has 3 rings (SSSR count). The third kappa shape index (κ3) is 2.32. The molecule has 3 heterocycles. The first-order chi connectivity index (χ1) is 9.31. The molecule has 2 nitrogen and oxygen atoms in total. The molecule has 0 radical (unpaired) electrons. The minimum atomic E-state index is 0.702. The Bertz CT molecular complexity index is 720. The first kappa shape index (κ1) is 12.5. The van der Waals surface area contributed by atoms with Gasteiger partial charge in [0.1, 0.15) is 0 Å². The van der Waals surface area contributed by atoms with Gasteiger partial charge in [-0.1, -0.05) is 6.07 Å². The molecule has 0 aliphatic carbocycles. The molecular weight excluding hydrogens is 296 g/mol. The van der Waals surface area contributed by atoms with E-state index in [4.69, 9.17) is 0 Å². The lowest BCUT2D eigenvalue weighted by atomic mass is 10.2. The quantitative estimate of drug-likeness (QED) is 0.647. The van der Waals surface area contributed by atoms with Crippen molar-refractivity contribution in [3.05, 3.63) is 45.5 Å². The van der Waals surface area contributed by atoms with Crippen molar-refractivity contribution in [1.82, 2.24) is 0 Å². The lowest BCUT2D eigenvalue weighted by Crippen LogP contribution is -1.70. The summed E-state index contributed by atoms with van der Waals surface area (Å²) < 4.78 is 0. The van der Waals surface area contributed by atoms with E-state index in [0.717, 1.165) is 32.8 Å². The fraction of sp³-hybridized carbons (Fsp3) is 0. The van der Waals surface area contributed by atoms with Crippen LogP contribution in [0.1, 0.15) is 19.3 Å². The van der Waals surface area contributed by atoms with Crippen molar-refractivity contribution in [2.75, 3.05) is 0 Å². The maximum atomic E-state index is 11.0. The van der Waals surface area contributed by atoms with E-state index in [1.807, 2.05) is 35.7 Å². The number of hydrogen-bond donors (Lipinski definition) is 0. The lowest BCUT2D eigenvalue weighted by Gasteiger charge is -1.97. The van der Waals surface area contributed by atoms with Crippen LogP contribution in [0.5, 0.6) is 0 Å². The molecule has 0 atom stereocenters. The summed E-state index contributed by atoms with van der Waals surface area (Å²) in [4.78, 5) is 26.4. The Morgan fingerprint density at radius 1 is 0.895 bits per heavy atom. The van der Waals surface area contributed by atoms with Gasteiger partial charge in [-0.15, -0.1) is 34.0 Å². The second-order valence-corrected chi connectivity index (χ2v) is 6.95. The maximum Gasteiger partial charge on any atom is 0.160 e. The van der Waals surface area contributed by atoms with Crippen LogP contribution < -0.4 is 0 Å². The van der Waals surface area contributed by atoms with Crippen molar-refractivity contribution < 1.29 is 9.59 Å². The molecule has 0 aromatic carbocycles. The van der Waals surface area contributed by atoms with Crippen LogP contribution >= 0.6 is 34.0 Å². The van der Waals surface area contributed by atoms with Crippen molar-refractivity contribution >= 4 is 46.6 Å². The van der Waals surface area contributed by atoms with Gasteiger partial charge >= 0.3 is 0 Å². The van der Waals surface area contributed by atoms with Crippen molar-refractivity contribution in [1.29, 1.82) is 0 Å². The standard InChI is InChI=1S/C14H8O2S3/c15-7-9-3-4-13(18-9)14-11(6-10(8-16)19-14)12-2-1-5-17-12/h1-8H. The second-order valence-electron chi connectivity index (χ2n) is 3.81. The summed E-state index contributed by atoms with van der Waals surface area (Å²) in [5.74, 6) is 0. The van der Waals surface area contributed by atoms with Gasteiger partial charge in [-0.2, -0.15) is 0 Å². The minimum Gasteiger partial charge on any atom is -0.297 e. The molecule has 3 aromatic rings. The van der Waals surface area contributed by atoms with Gasteiger partial charge in [0.05, 0.1) is 14.6 Å². The third-order valence-corrected chi connectivity index (χ3v) is 5.77. The minimum absolute atomic E-state index is 0.702. The molecule has 5 heteroatoms. The normalized spacial score (nSPS) is 10.5. The zero-order chi connectivity index (χ0) is 13.2. The van der Waals surface area contributed by atoms with Crippen LogP contribution in [0.2, 0.25) is 0 Å². The topological polar surface area (TPSA) is 34.1 Å². The van der Waals surface area contributed by atoms with Crippen LogP contribution in [-0.4, -0.2) is 12.6 Å². The first-order valence-corrected chi connectivity index (χ1v) is 8.01. The molecule has 19 heavy (non-hydrogen) atoms. The fourth-order valence-corrected chi connectivity index (χ4v) is 4.55. The third-order valence-electron chi connectivity index (χ3n) is 2.62. The highest BCUT2D eigenvalue weighted by atomic mass is 32.1. The monoisotopic (exact) mass is 304 g/mol. The molecule has 0 saturated carbocycles. The number of carbonyl (C=O) groups is 2. The van der Waals surface area contributed by atoms with E-state index < -0.39 is 0 Å². The highest BCUT2D eigenvalue weighted by Gasteiger charge is 2.15. The second kappa shape index (κ2) is 5.21. The van der Waals surface area contributed by atoms with E-state index in [1.54, 1.807) is 11.3 Å². The average Bonchev–Trinajstić information content (AvgIpc) is 3.16. The van der Waals surface area contributed by atoms with Gasteiger partial charge in [0.15, 0.2) is 12.6 Å². The Hall–Kier alpha value is -1.56.